The molecule has 0 unspecified atom stereocenters. The van der Waals surface area contributed by atoms with Crippen LogP contribution in [0.5, 0.6) is 0 Å². The first-order valence-corrected chi connectivity index (χ1v) is 11.2. The van der Waals surface area contributed by atoms with Crippen LogP contribution >= 0.6 is 11.8 Å². The van der Waals surface area contributed by atoms with Gasteiger partial charge in [0, 0.05) is 5.56 Å². The highest BCUT2D eigenvalue weighted by atomic mass is 32.2. The van der Waals surface area contributed by atoms with Crippen LogP contribution in [0.1, 0.15) is 30.5 Å². The Hall–Kier alpha value is -3.18. The molecule has 1 fully saturated rings. The highest BCUT2D eigenvalue weighted by Gasteiger charge is 2.35. The molecule has 3 aromatic rings. The summed E-state index contributed by atoms with van der Waals surface area (Å²) in [7, 11) is 0. The molecule has 0 spiro atoms. The van der Waals surface area contributed by atoms with Gasteiger partial charge in [0.15, 0.2) is 5.17 Å². The molecule has 0 N–H and O–H groups in total. The van der Waals surface area contributed by atoms with Gasteiger partial charge in [0.2, 0.25) is 0 Å². The summed E-state index contributed by atoms with van der Waals surface area (Å²) < 4.78 is 14.2. The number of amides is 1. The van der Waals surface area contributed by atoms with Crippen LogP contribution in [0.4, 0.5) is 15.8 Å². The maximum atomic E-state index is 14.2. The minimum absolute atomic E-state index is 0.207. The molecular weight excluding hydrogens is 407 g/mol. The first kappa shape index (κ1) is 21.1. The zero-order valence-electron chi connectivity index (χ0n) is 17.5. The summed E-state index contributed by atoms with van der Waals surface area (Å²) in [5, 5.41) is 0.557. The van der Waals surface area contributed by atoms with E-state index in [-0.39, 0.29) is 11.7 Å². The molecule has 1 aliphatic heterocycles. The van der Waals surface area contributed by atoms with Crippen molar-refractivity contribution in [2.45, 2.75) is 26.7 Å². The summed E-state index contributed by atoms with van der Waals surface area (Å²) in [6.07, 6.45) is 3.47. The van der Waals surface area contributed by atoms with Gasteiger partial charge in [-0.25, -0.2) is 9.38 Å². The third kappa shape index (κ3) is 4.62. The number of hydrogen-bond donors (Lipinski definition) is 0. The smallest absolute Gasteiger partial charge is 0.268 e. The van der Waals surface area contributed by atoms with Crippen LogP contribution in [-0.4, -0.2) is 11.1 Å². The molecule has 0 bridgehead atoms. The molecule has 0 aliphatic carbocycles. The summed E-state index contributed by atoms with van der Waals surface area (Å²) in [6.45, 7) is 4.20. The standard InChI is InChI=1S/C26H23FN2OS/c1-3-18-9-13-21(14-10-18)28-26-29(22-15-11-19(4-2)12-16-22)25(30)24(31-26)17-20-7-5-6-8-23(20)27/h5-17H,3-4H2,1-2H3/b24-17+,28-26?. The number of carbonyl (C=O) groups excluding carboxylic acids is 1. The molecule has 0 atom stereocenters. The normalized spacial score (nSPS) is 16.5. The highest BCUT2D eigenvalue weighted by molar-refractivity contribution is 8.19. The van der Waals surface area contributed by atoms with Crippen LogP contribution in [0.15, 0.2) is 82.7 Å². The van der Waals surface area contributed by atoms with Crippen molar-refractivity contribution in [1.82, 2.24) is 0 Å². The van der Waals surface area contributed by atoms with Crippen molar-refractivity contribution in [3.8, 4) is 0 Å². The second-order valence-corrected chi connectivity index (χ2v) is 8.22. The van der Waals surface area contributed by atoms with Gasteiger partial charge in [-0.2, -0.15) is 0 Å². The number of carbonyl (C=O) groups is 1. The Labute approximate surface area is 186 Å². The molecule has 0 saturated carbocycles. The molecule has 1 heterocycles. The minimum atomic E-state index is -0.359. The first-order chi connectivity index (χ1) is 15.1. The molecule has 156 valence electrons. The molecule has 31 heavy (non-hydrogen) atoms. The van der Waals surface area contributed by atoms with E-state index >= 15 is 0 Å². The Balaban J connectivity index is 1.76. The van der Waals surface area contributed by atoms with Crippen LogP contribution in [-0.2, 0) is 17.6 Å². The van der Waals surface area contributed by atoms with Gasteiger partial charge >= 0.3 is 0 Å². The monoisotopic (exact) mass is 430 g/mol. The van der Waals surface area contributed by atoms with Crippen molar-refractivity contribution in [1.29, 1.82) is 0 Å². The summed E-state index contributed by atoms with van der Waals surface area (Å²) in [6, 6.07) is 22.3. The van der Waals surface area contributed by atoms with Crippen molar-refractivity contribution in [3.63, 3.8) is 0 Å². The van der Waals surface area contributed by atoms with E-state index in [1.807, 2.05) is 48.5 Å². The van der Waals surface area contributed by atoms with Crippen LogP contribution in [0.3, 0.4) is 0 Å². The molecule has 0 radical (unpaired) electrons. The van der Waals surface area contributed by atoms with Crippen LogP contribution < -0.4 is 4.90 Å². The largest absolute Gasteiger partial charge is 0.271 e. The minimum Gasteiger partial charge on any atom is -0.268 e. The fraction of sp³-hybridized carbons (Fsp3) is 0.154. The number of benzene rings is 3. The van der Waals surface area contributed by atoms with Crippen LogP contribution in [0, 0.1) is 5.82 Å². The Bertz CT molecular complexity index is 1150. The number of hydrogen-bond acceptors (Lipinski definition) is 3. The van der Waals surface area contributed by atoms with E-state index in [9.17, 15) is 9.18 Å². The van der Waals surface area contributed by atoms with E-state index < -0.39 is 0 Å². The van der Waals surface area contributed by atoms with Gasteiger partial charge < -0.3 is 0 Å². The van der Waals surface area contributed by atoms with Crippen molar-refractivity contribution >= 4 is 40.3 Å². The molecule has 0 aromatic heterocycles. The van der Waals surface area contributed by atoms with Crippen molar-refractivity contribution in [2.75, 3.05) is 4.90 Å². The molecule has 3 aromatic carbocycles. The van der Waals surface area contributed by atoms with E-state index in [0.717, 1.165) is 24.2 Å². The molecule has 1 aliphatic rings. The van der Waals surface area contributed by atoms with E-state index in [0.29, 0.717) is 15.6 Å². The number of nitrogens with zero attached hydrogens (tertiary/aromatic N) is 2. The van der Waals surface area contributed by atoms with Gasteiger partial charge in [-0.15, -0.1) is 0 Å². The zero-order chi connectivity index (χ0) is 21.8. The Morgan fingerprint density at radius 3 is 2.13 bits per heavy atom. The van der Waals surface area contributed by atoms with Gasteiger partial charge in [0.05, 0.1) is 16.3 Å². The van der Waals surface area contributed by atoms with E-state index in [1.165, 1.54) is 29.0 Å². The van der Waals surface area contributed by atoms with Crippen LogP contribution in [0.2, 0.25) is 0 Å². The van der Waals surface area contributed by atoms with Crippen molar-refractivity contribution in [3.05, 3.63) is 100 Å². The molecule has 3 nitrogen and oxygen atoms in total. The Kier molecular flexibility index (Phi) is 6.33. The topological polar surface area (TPSA) is 32.7 Å². The summed E-state index contributed by atoms with van der Waals surface area (Å²) in [5.41, 5.74) is 4.32. The lowest BCUT2D eigenvalue weighted by molar-refractivity contribution is -0.113. The van der Waals surface area contributed by atoms with Gasteiger partial charge in [-0.1, -0.05) is 56.3 Å². The van der Waals surface area contributed by atoms with E-state index in [2.05, 4.69) is 13.8 Å². The predicted molar refractivity (Wildman–Crippen MR) is 128 cm³/mol. The fourth-order valence-corrected chi connectivity index (χ4v) is 4.30. The number of halogens is 1. The number of anilines is 1. The maximum absolute atomic E-state index is 14.2. The number of rotatable bonds is 5. The molecule has 4 rings (SSSR count). The summed E-state index contributed by atoms with van der Waals surface area (Å²) in [4.78, 5) is 20.1. The quantitative estimate of drug-likeness (QED) is 0.419. The molecular formula is C26H23FN2OS. The van der Waals surface area contributed by atoms with Gasteiger partial charge in [-0.3, -0.25) is 9.69 Å². The highest BCUT2D eigenvalue weighted by Crippen LogP contribution is 2.37. The molecule has 1 saturated heterocycles. The third-order valence-electron chi connectivity index (χ3n) is 5.17. The van der Waals surface area contributed by atoms with Crippen LogP contribution in [0.25, 0.3) is 6.08 Å². The van der Waals surface area contributed by atoms with E-state index in [4.69, 9.17) is 4.99 Å². The maximum Gasteiger partial charge on any atom is 0.271 e. The Morgan fingerprint density at radius 2 is 1.52 bits per heavy atom. The lowest BCUT2D eigenvalue weighted by atomic mass is 10.1. The predicted octanol–water partition coefficient (Wildman–Crippen LogP) is 6.76. The summed E-state index contributed by atoms with van der Waals surface area (Å²) in [5.74, 6) is -0.566. The number of thioether (sulfide) groups is 1. The van der Waals surface area contributed by atoms with Gasteiger partial charge in [0.1, 0.15) is 5.82 Å². The molecule has 5 heteroatoms. The van der Waals surface area contributed by atoms with Crippen molar-refractivity contribution in [2.24, 2.45) is 4.99 Å². The van der Waals surface area contributed by atoms with E-state index in [1.54, 1.807) is 29.2 Å². The third-order valence-corrected chi connectivity index (χ3v) is 6.14. The molecule has 1 amide bonds. The average Bonchev–Trinajstić information content (AvgIpc) is 3.10. The van der Waals surface area contributed by atoms with Crippen molar-refractivity contribution < 1.29 is 9.18 Å². The average molecular weight is 431 g/mol. The summed E-state index contributed by atoms with van der Waals surface area (Å²) >= 11 is 1.26. The number of amidine groups is 1. The second-order valence-electron chi connectivity index (χ2n) is 7.21. The lowest BCUT2D eigenvalue weighted by Gasteiger charge is -2.16. The van der Waals surface area contributed by atoms with Gasteiger partial charge in [0.25, 0.3) is 5.91 Å². The SMILES string of the molecule is CCc1ccc(N=C2S/C(=C/c3ccccc3F)C(=O)N2c2ccc(CC)cc2)cc1. The van der Waals surface area contributed by atoms with Gasteiger partial charge in [-0.05, 0) is 72.1 Å². The fourth-order valence-electron chi connectivity index (χ4n) is 3.31. The lowest BCUT2D eigenvalue weighted by Crippen LogP contribution is -2.28. The zero-order valence-corrected chi connectivity index (χ0v) is 18.3. The number of aryl methyl sites for hydroxylation is 2. The second kappa shape index (κ2) is 9.31. The first-order valence-electron chi connectivity index (χ1n) is 10.3. The Morgan fingerprint density at radius 1 is 0.903 bits per heavy atom. The number of aliphatic imine (C=N–C) groups is 1.